The van der Waals surface area contributed by atoms with Crippen LogP contribution in [0.1, 0.15) is 49.8 Å². The van der Waals surface area contributed by atoms with Gasteiger partial charge in [0.25, 0.3) is 0 Å². The van der Waals surface area contributed by atoms with Crippen LogP contribution < -0.4 is 10.5 Å². The number of rotatable bonds is 6. The first kappa shape index (κ1) is 13.0. The molecule has 0 radical (unpaired) electrons. The lowest BCUT2D eigenvalue weighted by molar-refractivity contribution is 0.411. The van der Waals surface area contributed by atoms with Crippen LogP contribution in [-0.2, 0) is 0 Å². The lowest BCUT2D eigenvalue weighted by Gasteiger charge is -2.14. The van der Waals surface area contributed by atoms with Gasteiger partial charge in [-0.2, -0.15) is 0 Å². The van der Waals surface area contributed by atoms with Crippen LogP contribution in [0.4, 0.5) is 0 Å². The van der Waals surface area contributed by atoms with Crippen molar-refractivity contribution in [3.05, 3.63) is 29.3 Å². The molecular formula is C14H23NO. The lowest BCUT2D eigenvalue weighted by atomic mass is 9.99. The summed E-state index contributed by atoms with van der Waals surface area (Å²) in [7, 11) is 1.70. The molecule has 0 aliphatic carbocycles. The Morgan fingerprint density at radius 1 is 1.31 bits per heavy atom. The number of methoxy groups -OCH3 is 1. The van der Waals surface area contributed by atoms with Crippen LogP contribution in [0, 0.1) is 6.92 Å². The SMILES string of the molecule is CCCCC[C@H](N)c1ccc(OC)c(C)c1. The van der Waals surface area contributed by atoms with Gasteiger partial charge < -0.3 is 10.5 Å². The van der Waals surface area contributed by atoms with Gasteiger partial charge in [0.05, 0.1) is 7.11 Å². The zero-order chi connectivity index (χ0) is 12.0. The van der Waals surface area contributed by atoms with Crippen LogP contribution in [0.15, 0.2) is 18.2 Å². The first-order chi connectivity index (χ1) is 7.69. The van der Waals surface area contributed by atoms with E-state index in [1.807, 2.05) is 6.07 Å². The van der Waals surface area contributed by atoms with E-state index in [0.717, 1.165) is 17.7 Å². The first-order valence-electron chi connectivity index (χ1n) is 6.09. The number of ether oxygens (including phenoxy) is 1. The summed E-state index contributed by atoms with van der Waals surface area (Å²) in [5, 5.41) is 0. The van der Waals surface area contributed by atoms with Gasteiger partial charge >= 0.3 is 0 Å². The molecule has 0 heterocycles. The third-order valence-electron chi connectivity index (χ3n) is 2.97. The van der Waals surface area contributed by atoms with Gasteiger partial charge in [-0.15, -0.1) is 0 Å². The summed E-state index contributed by atoms with van der Waals surface area (Å²) in [6, 6.07) is 6.37. The molecule has 2 N–H and O–H groups in total. The molecule has 0 unspecified atom stereocenters. The monoisotopic (exact) mass is 221 g/mol. The van der Waals surface area contributed by atoms with Crippen LogP contribution in [0.2, 0.25) is 0 Å². The van der Waals surface area contributed by atoms with Crippen molar-refractivity contribution in [1.29, 1.82) is 0 Å². The van der Waals surface area contributed by atoms with Gasteiger partial charge in [0.1, 0.15) is 5.75 Å². The summed E-state index contributed by atoms with van der Waals surface area (Å²) >= 11 is 0. The largest absolute Gasteiger partial charge is 0.496 e. The van der Waals surface area contributed by atoms with Gasteiger partial charge in [-0.25, -0.2) is 0 Å². The number of nitrogens with two attached hydrogens (primary N) is 1. The van der Waals surface area contributed by atoms with Crippen LogP contribution in [0.3, 0.4) is 0 Å². The molecule has 0 aromatic heterocycles. The van der Waals surface area contributed by atoms with Gasteiger partial charge in [-0.1, -0.05) is 38.3 Å². The van der Waals surface area contributed by atoms with Crippen LogP contribution in [0.25, 0.3) is 0 Å². The van der Waals surface area contributed by atoms with Crippen molar-refractivity contribution in [3.63, 3.8) is 0 Å². The van der Waals surface area contributed by atoms with Crippen molar-refractivity contribution < 1.29 is 4.74 Å². The fourth-order valence-corrected chi connectivity index (χ4v) is 1.91. The molecule has 90 valence electrons. The van der Waals surface area contributed by atoms with E-state index in [-0.39, 0.29) is 6.04 Å². The molecule has 0 spiro atoms. The number of benzene rings is 1. The van der Waals surface area contributed by atoms with Gasteiger partial charge in [-0.05, 0) is 30.5 Å². The highest BCUT2D eigenvalue weighted by Gasteiger charge is 2.07. The lowest BCUT2D eigenvalue weighted by Crippen LogP contribution is -2.10. The fraction of sp³-hybridized carbons (Fsp3) is 0.571. The molecule has 0 fully saturated rings. The van der Waals surface area contributed by atoms with E-state index in [4.69, 9.17) is 10.5 Å². The summed E-state index contributed by atoms with van der Waals surface area (Å²) < 4.78 is 5.24. The van der Waals surface area contributed by atoms with Crippen molar-refractivity contribution >= 4 is 0 Å². The molecule has 16 heavy (non-hydrogen) atoms. The van der Waals surface area contributed by atoms with Gasteiger partial charge in [0.2, 0.25) is 0 Å². The van der Waals surface area contributed by atoms with Gasteiger partial charge in [0, 0.05) is 6.04 Å². The number of hydrogen-bond acceptors (Lipinski definition) is 2. The minimum absolute atomic E-state index is 0.163. The zero-order valence-electron chi connectivity index (χ0n) is 10.6. The normalized spacial score (nSPS) is 12.5. The standard InChI is InChI=1S/C14H23NO/c1-4-5-6-7-13(15)12-8-9-14(16-3)11(2)10-12/h8-10,13H,4-7,15H2,1-3H3/t13-/m0/s1. The Balaban J connectivity index is 2.62. The van der Waals surface area contributed by atoms with Crippen molar-refractivity contribution in [3.8, 4) is 5.75 Å². The zero-order valence-corrected chi connectivity index (χ0v) is 10.6. The second-order valence-electron chi connectivity index (χ2n) is 4.33. The summed E-state index contributed by atoms with van der Waals surface area (Å²) in [6.45, 7) is 4.27. The predicted octanol–water partition coefficient (Wildman–Crippen LogP) is 3.58. The van der Waals surface area contributed by atoms with Crippen LogP contribution >= 0.6 is 0 Å². The van der Waals surface area contributed by atoms with E-state index in [2.05, 4.69) is 26.0 Å². The van der Waals surface area contributed by atoms with Crippen LogP contribution in [0.5, 0.6) is 5.75 Å². The molecule has 1 aromatic rings. The molecule has 0 aliphatic heterocycles. The Morgan fingerprint density at radius 2 is 2.06 bits per heavy atom. The maximum Gasteiger partial charge on any atom is 0.121 e. The summed E-state index contributed by atoms with van der Waals surface area (Å²) in [5.41, 5.74) is 8.53. The maximum absolute atomic E-state index is 6.16. The summed E-state index contributed by atoms with van der Waals surface area (Å²) in [5.74, 6) is 0.935. The van der Waals surface area contributed by atoms with E-state index in [0.29, 0.717) is 0 Å². The van der Waals surface area contributed by atoms with Crippen molar-refractivity contribution in [2.75, 3.05) is 7.11 Å². The van der Waals surface area contributed by atoms with Crippen molar-refractivity contribution in [2.24, 2.45) is 5.73 Å². The molecule has 1 aromatic carbocycles. The molecule has 2 heteroatoms. The molecule has 1 rings (SSSR count). The summed E-state index contributed by atoms with van der Waals surface area (Å²) in [4.78, 5) is 0. The third-order valence-corrected chi connectivity index (χ3v) is 2.97. The number of unbranched alkanes of at least 4 members (excludes halogenated alkanes) is 2. The second-order valence-corrected chi connectivity index (χ2v) is 4.33. The Bertz CT molecular complexity index is 323. The number of hydrogen-bond donors (Lipinski definition) is 1. The van der Waals surface area contributed by atoms with Crippen molar-refractivity contribution in [2.45, 2.75) is 45.6 Å². The Morgan fingerprint density at radius 3 is 2.62 bits per heavy atom. The van der Waals surface area contributed by atoms with Gasteiger partial charge in [-0.3, -0.25) is 0 Å². The average Bonchev–Trinajstić information content (AvgIpc) is 2.29. The maximum atomic E-state index is 6.16. The smallest absolute Gasteiger partial charge is 0.121 e. The average molecular weight is 221 g/mol. The molecular weight excluding hydrogens is 198 g/mol. The third kappa shape index (κ3) is 3.53. The van der Waals surface area contributed by atoms with E-state index in [9.17, 15) is 0 Å². The van der Waals surface area contributed by atoms with Crippen molar-refractivity contribution in [1.82, 2.24) is 0 Å². The van der Waals surface area contributed by atoms with E-state index in [1.165, 1.54) is 24.8 Å². The Hall–Kier alpha value is -1.02. The molecule has 0 aliphatic rings. The highest BCUT2D eigenvalue weighted by Crippen LogP contribution is 2.24. The highest BCUT2D eigenvalue weighted by molar-refractivity contribution is 5.37. The van der Waals surface area contributed by atoms with E-state index < -0.39 is 0 Å². The topological polar surface area (TPSA) is 35.2 Å². The Labute approximate surface area is 98.8 Å². The minimum atomic E-state index is 0.163. The highest BCUT2D eigenvalue weighted by atomic mass is 16.5. The molecule has 0 bridgehead atoms. The van der Waals surface area contributed by atoms with Gasteiger partial charge in [0.15, 0.2) is 0 Å². The molecule has 0 saturated heterocycles. The molecule has 1 atom stereocenters. The number of aryl methyl sites for hydroxylation is 1. The second kappa shape index (κ2) is 6.54. The molecule has 0 saturated carbocycles. The minimum Gasteiger partial charge on any atom is -0.496 e. The summed E-state index contributed by atoms with van der Waals surface area (Å²) in [6.07, 6.45) is 4.79. The molecule has 0 amide bonds. The molecule has 2 nitrogen and oxygen atoms in total. The predicted molar refractivity (Wildman–Crippen MR) is 68.8 cm³/mol. The Kier molecular flexibility index (Phi) is 5.33. The fourth-order valence-electron chi connectivity index (χ4n) is 1.91. The van der Waals surface area contributed by atoms with E-state index in [1.54, 1.807) is 7.11 Å². The quantitative estimate of drug-likeness (QED) is 0.745. The van der Waals surface area contributed by atoms with Crippen LogP contribution in [-0.4, -0.2) is 7.11 Å². The van der Waals surface area contributed by atoms with E-state index >= 15 is 0 Å². The first-order valence-corrected chi connectivity index (χ1v) is 6.09.